The summed E-state index contributed by atoms with van der Waals surface area (Å²) in [5.74, 6) is -0.226. The van der Waals surface area contributed by atoms with E-state index in [4.69, 9.17) is 23.2 Å². The molecule has 2 unspecified atom stereocenters. The zero-order valence-corrected chi connectivity index (χ0v) is 17.1. The standard InChI is InChI=1S/C18H13Cl2N7OS/c19-11-5-3-4-10(8-11)16-15(20)17(28)27(16)24-18-23-22-14(29-18)9-26-13-7-2-1-6-12(13)21-25-26/h1-8,15-16H,9H2,(H,23,24). The summed E-state index contributed by atoms with van der Waals surface area (Å²) in [5.41, 5.74) is 5.61. The summed E-state index contributed by atoms with van der Waals surface area (Å²) in [7, 11) is 0. The van der Waals surface area contributed by atoms with Gasteiger partial charge in [-0.1, -0.05) is 52.4 Å². The number of β-lactam (4-membered cyclic amide) rings is 1. The molecule has 146 valence electrons. The molecule has 29 heavy (non-hydrogen) atoms. The molecule has 2 aromatic carbocycles. The van der Waals surface area contributed by atoms with Gasteiger partial charge in [-0.05, 0) is 29.8 Å². The SMILES string of the molecule is O=C1C(Cl)C(c2cccc(Cl)c2)N1Nc1nnc(Cn2nnc3ccccc32)s1. The van der Waals surface area contributed by atoms with E-state index in [0.29, 0.717) is 16.7 Å². The number of hydrazine groups is 1. The van der Waals surface area contributed by atoms with Gasteiger partial charge in [-0.15, -0.1) is 26.9 Å². The molecule has 4 aromatic rings. The van der Waals surface area contributed by atoms with Gasteiger partial charge in [0.15, 0.2) is 0 Å². The van der Waals surface area contributed by atoms with Crippen LogP contribution in [-0.4, -0.2) is 41.5 Å². The second-order valence-corrected chi connectivity index (χ2v) is 8.43. The average molecular weight is 446 g/mol. The summed E-state index contributed by atoms with van der Waals surface area (Å²) in [4.78, 5) is 12.3. The number of nitrogens with zero attached hydrogens (tertiary/aromatic N) is 6. The van der Waals surface area contributed by atoms with Crippen LogP contribution < -0.4 is 5.43 Å². The Morgan fingerprint density at radius 2 is 1.97 bits per heavy atom. The van der Waals surface area contributed by atoms with E-state index in [-0.39, 0.29) is 11.9 Å². The summed E-state index contributed by atoms with van der Waals surface area (Å²) < 4.78 is 1.76. The number of hydrogen-bond acceptors (Lipinski definition) is 7. The Morgan fingerprint density at radius 1 is 1.10 bits per heavy atom. The molecule has 0 bridgehead atoms. The lowest BCUT2D eigenvalue weighted by molar-refractivity contribution is -0.143. The highest BCUT2D eigenvalue weighted by molar-refractivity contribution is 7.15. The van der Waals surface area contributed by atoms with Crippen LogP contribution in [0.4, 0.5) is 5.13 Å². The molecule has 1 N–H and O–H groups in total. The first-order chi connectivity index (χ1) is 14.1. The maximum atomic E-state index is 12.3. The number of benzene rings is 2. The number of amides is 1. The monoisotopic (exact) mass is 445 g/mol. The molecule has 0 aliphatic carbocycles. The van der Waals surface area contributed by atoms with Crippen LogP contribution in [-0.2, 0) is 11.3 Å². The summed E-state index contributed by atoms with van der Waals surface area (Å²) in [5, 5.41) is 19.2. The number of fused-ring (bicyclic) bond motifs is 1. The lowest BCUT2D eigenvalue weighted by Gasteiger charge is -2.43. The number of carbonyl (C=O) groups is 1. The Kier molecular flexibility index (Phi) is 4.57. The third kappa shape index (κ3) is 3.31. The van der Waals surface area contributed by atoms with E-state index >= 15 is 0 Å². The van der Waals surface area contributed by atoms with Gasteiger partial charge in [-0.3, -0.25) is 10.2 Å². The van der Waals surface area contributed by atoms with Crippen molar-refractivity contribution in [3.8, 4) is 0 Å². The summed E-state index contributed by atoms with van der Waals surface area (Å²) in [6.45, 7) is 0.434. The highest BCUT2D eigenvalue weighted by Crippen LogP contribution is 2.39. The zero-order chi connectivity index (χ0) is 20.0. The van der Waals surface area contributed by atoms with Crippen LogP contribution in [0.3, 0.4) is 0 Å². The van der Waals surface area contributed by atoms with Crippen molar-refractivity contribution in [1.82, 2.24) is 30.2 Å². The van der Waals surface area contributed by atoms with Gasteiger partial charge >= 0.3 is 0 Å². The van der Waals surface area contributed by atoms with Crippen LogP contribution in [0.25, 0.3) is 11.0 Å². The Hall–Kier alpha value is -2.75. The van der Waals surface area contributed by atoms with Gasteiger partial charge in [-0.25, -0.2) is 9.69 Å². The second-order valence-electron chi connectivity index (χ2n) is 6.46. The first-order valence-corrected chi connectivity index (χ1v) is 10.3. The molecule has 5 rings (SSSR count). The van der Waals surface area contributed by atoms with Gasteiger partial charge in [0, 0.05) is 5.02 Å². The highest BCUT2D eigenvalue weighted by Gasteiger charge is 2.48. The quantitative estimate of drug-likeness (QED) is 0.373. The fraction of sp³-hybridized carbons (Fsp3) is 0.167. The van der Waals surface area contributed by atoms with Crippen LogP contribution in [0.15, 0.2) is 48.5 Å². The van der Waals surface area contributed by atoms with Crippen molar-refractivity contribution in [2.24, 2.45) is 0 Å². The van der Waals surface area contributed by atoms with Gasteiger partial charge < -0.3 is 0 Å². The second kappa shape index (κ2) is 7.25. The summed E-state index contributed by atoms with van der Waals surface area (Å²) in [6.07, 6.45) is 0. The van der Waals surface area contributed by atoms with E-state index in [9.17, 15) is 4.79 Å². The molecule has 2 atom stereocenters. The number of rotatable bonds is 5. The topological polar surface area (TPSA) is 88.8 Å². The lowest BCUT2D eigenvalue weighted by atomic mass is 9.95. The largest absolute Gasteiger partial charge is 0.271 e. The minimum atomic E-state index is -0.658. The third-order valence-electron chi connectivity index (χ3n) is 4.61. The number of hydrogen-bond donors (Lipinski definition) is 1. The molecule has 8 nitrogen and oxygen atoms in total. The van der Waals surface area contributed by atoms with E-state index in [2.05, 4.69) is 25.9 Å². The van der Waals surface area contributed by atoms with E-state index in [0.717, 1.165) is 21.6 Å². The molecular formula is C18H13Cl2N7OS. The maximum absolute atomic E-state index is 12.3. The molecule has 1 aliphatic heterocycles. The number of aromatic nitrogens is 5. The molecule has 1 aliphatic rings. The Balaban J connectivity index is 1.33. The minimum absolute atomic E-state index is 0.226. The van der Waals surface area contributed by atoms with Crippen LogP contribution in [0.2, 0.25) is 5.02 Å². The van der Waals surface area contributed by atoms with E-state index in [1.165, 1.54) is 16.3 Å². The average Bonchev–Trinajstić information content (AvgIpc) is 3.35. The molecular weight excluding hydrogens is 433 g/mol. The predicted octanol–water partition coefficient (Wildman–Crippen LogP) is 3.50. The van der Waals surface area contributed by atoms with Crippen molar-refractivity contribution in [2.45, 2.75) is 18.0 Å². The van der Waals surface area contributed by atoms with Crippen molar-refractivity contribution in [2.75, 3.05) is 5.43 Å². The molecule has 0 spiro atoms. The van der Waals surface area contributed by atoms with Gasteiger partial charge in [0.25, 0.3) is 5.91 Å². The number of anilines is 1. The number of alkyl halides is 1. The van der Waals surface area contributed by atoms with E-state index in [1.54, 1.807) is 16.8 Å². The first kappa shape index (κ1) is 18.3. The molecule has 3 heterocycles. The maximum Gasteiger partial charge on any atom is 0.262 e. The molecule has 11 heteroatoms. The number of nitrogens with one attached hydrogen (secondary N) is 1. The predicted molar refractivity (Wildman–Crippen MR) is 111 cm³/mol. The first-order valence-electron chi connectivity index (χ1n) is 8.70. The Bertz CT molecular complexity index is 1210. The van der Waals surface area contributed by atoms with Crippen molar-refractivity contribution in [3.63, 3.8) is 0 Å². The molecule has 0 saturated carbocycles. The molecule has 2 aromatic heterocycles. The van der Waals surface area contributed by atoms with Gasteiger partial charge in [0.05, 0.1) is 12.1 Å². The van der Waals surface area contributed by atoms with E-state index in [1.807, 2.05) is 36.4 Å². The van der Waals surface area contributed by atoms with Crippen molar-refractivity contribution in [1.29, 1.82) is 0 Å². The van der Waals surface area contributed by atoms with E-state index < -0.39 is 5.38 Å². The summed E-state index contributed by atoms with van der Waals surface area (Å²) in [6, 6.07) is 14.6. The van der Waals surface area contributed by atoms with Gasteiger partial charge in [0.1, 0.15) is 21.9 Å². The molecule has 1 saturated heterocycles. The van der Waals surface area contributed by atoms with Crippen LogP contribution >= 0.6 is 34.5 Å². The molecule has 0 radical (unpaired) electrons. The zero-order valence-electron chi connectivity index (χ0n) is 14.7. The van der Waals surface area contributed by atoms with Crippen LogP contribution in [0.1, 0.15) is 16.6 Å². The van der Waals surface area contributed by atoms with Gasteiger partial charge in [-0.2, -0.15) is 0 Å². The fourth-order valence-electron chi connectivity index (χ4n) is 3.21. The van der Waals surface area contributed by atoms with Gasteiger partial charge in [0.2, 0.25) is 5.13 Å². The van der Waals surface area contributed by atoms with Crippen LogP contribution in [0.5, 0.6) is 0 Å². The third-order valence-corrected chi connectivity index (χ3v) is 6.08. The van der Waals surface area contributed by atoms with Crippen molar-refractivity contribution < 1.29 is 4.79 Å². The van der Waals surface area contributed by atoms with Crippen LogP contribution in [0, 0.1) is 0 Å². The normalized spacial score (nSPS) is 18.8. The Labute approximate surface area is 179 Å². The number of carbonyl (C=O) groups excluding carboxylic acids is 1. The van der Waals surface area contributed by atoms with Crippen molar-refractivity contribution in [3.05, 3.63) is 64.1 Å². The Morgan fingerprint density at radius 3 is 2.83 bits per heavy atom. The minimum Gasteiger partial charge on any atom is -0.271 e. The molecule has 1 amide bonds. The fourth-order valence-corrected chi connectivity index (χ4v) is 4.49. The molecule has 1 fully saturated rings. The van der Waals surface area contributed by atoms with Crippen molar-refractivity contribution >= 4 is 56.6 Å². The smallest absolute Gasteiger partial charge is 0.262 e. The lowest BCUT2D eigenvalue weighted by Crippen LogP contribution is -2.58. The highest BCUT2D eigenvalue weighted by atomic mass is 35.5. The number of halogens is 2. The summed E-state index contributed by atoms with van der Waals surface area (Å²) >= 11 is 13.7. The number of para-hydroxylation sites is 1.